The van der Waals surface area contributed by atoms with Gasteiger partial charge in [-0.05, 0) is 44.5 Å². The summed E-state index contributed by atoms with van der Waals surface area (Å²) in [4.78, 5) is 6.66. The summed E-state index contributed by atoms with van der Waals surface area (Å²) in [6.45, 7) is 2.65. The molecule has 1 aromatic carbocycles. The predicted octanol–water partition coefficient (Wildman–Crippen LogP) is 2.66. The monoisotopic (exact) mass is 313 g/mol. The van der Waals surface area contributed by atoms with Crippen LogP contribution in [0.1, 0.15) is 17.8 Å². The molecule has 3 rings (SSSR count). The lowest BCUT2D eigenvalue weighted by Gasteiger charge is -2.06. The zero-order valence-corrected chi connectivity index (χ0v) is 13.3. The molecule has 0 fully saturated rings. The summed E-state index contributed by atoms with van der Waals surface area (Å²) in [6.07, 6.45) is 1.78. The van der Waals surface area contributed by atoms with E-state index < -0.39 is 0 Å². The summed E-state index contributed by atoms with van der Waals surface area (Å²) in [5.41, 5.74) is 14.6. The lowest BCUT2D eigenvalue weighted by atomic mass is 10.2. The van der Waals surface area contributed by atoms with Gasteiger partial charge in [-0.2, -0.15) is 0 Å². The van der Waals surface area contributed by atoms with Crippen molar-refractivity contribution in [2.45, 2.75) is 29.6 Å². The zero-order valence-electron chi connectivity index (χ0n) is 12.5. The van der Waals surface area contributed by atoms with Gasteiger partial charge in [-0.15, -0.1) is 5.10 Å². The molecule has 4 N–H and O–H groups in total. The van der Waals surface area contributed by atoms with Crippen molar-refractivity contribution in [1.82, 2.24) is 14.6 Å². The van der Waals surface area contributed by atoms with Gasteiger partial charge in [0.1, 0.15) is 4.90 Å². The molecule has 6 heteroatoms. The van der Waals surface area contributed by atoms with Crippen LogP contribution >= 0.6 is 11.8 Å². The number of nitrogens with zero attached hydrogens (tertiary/aromatic N) is 3. The quantitative estimate of drug-likeness (QED) is 0.756. The van der Waals surface area contributed by atoms with E-state index in [-0.39, 0.29) is 0 Å². The molecule has 0 aliphatic carbocycles. The third kappa shape index (κ3) is 2.93. The van der Waals surface area contributed by atoms with Crippen LogP contribution < -0.4 is 11.5 Å². The van der Waals surface area contributed by atoms with Crippen molar-refractivity contribution in [2.24, 2.45) is 5.73 Å². The fourth-order valence-electron chi connectivity index (χ4n) is 2.38. The number of nitrogen functional groups attached to an aromatic ring is 1. The van der Waals surface area contributed by atoms with Crippen LogP contribution in [-0.2, 0) is 6.42 Å². The van der Waals surface area contributed by atoms with Crippen LogP contribution in [0.25, 0.3) is 5.65 Å². The average Bonchev–Trinajstić information content (AvgIpc) is 2.82. The van der Waals surface area contributed by atoms with Crippen molar-refractivity contribution < 1.29 is 0 Å². The molecule has 0 aliphatic heterocycles. The van der Waals surface area contributed by atoms with E-state index in [1.807, 2.05) is 35.7 Å². The van der Waals surface area contributed by atoms with Gasteiger partial charge in [-0.3, -0.25) is 0 Å². The number of anilines is 1. The minimum atomic E-state index is 0.515. The number of benzene rings is 1. The summed E-state index contributed by atoms with van der Waals surface area (Å²) in [5.74, 6) is 0.515. The van der Waals surface area contributed by atoms with E-state index in [4.69, 9.17) is 11.5 Å². The summed E-state index contributed by atoms with van der Waals surface area (Å²) < 4.78 is 1.85. The highest BCUT2D eigenvalue weighted by Crippen LogP contribution is 2.35. The first-order chi connectivity index (χ1) is 10.7. The first kappa shape index (κ1) is 14.9. The number of aromatic nitrogens is 3. The normalized spacial score (nSPS) is 11.2. The molecule has 0 radical (unpaired) electrons. The number of hydrogen-bond acceptors (Lipinski definition) is 5. The van der Waals surface area contributed by atoms with Crippen LogP contribution in [0.2, 0.25) is 0 Å². The van der Waals surface area contributed by atoms with Crippen LogP contribution in [0.4, 0.5) is 5.82 Å². The van der Waals surface area contributed by atoms with Crippen LogP contribution in [0.5, 0.6) is 0 Å². The Hall–Kier alpha value is -2.05. The Kier molecular flexibility index (Phi) is 4.31. The maximum Gasteiger partial charge on any atom is 0.171 e. The Labute approximate surface area is 133 Å². The minimum absolute atomic E-state index is 0.515. The lowest BCUT2D eigenvalue weighted by molar-refractivity contribution is 0.759. The number of fused-ring (bicyclic) bond motifs is 1. The van der Waals surface area contributed by atoms with Gasteiger partial charge >= 0.3 is 0 Å². The smallest absolute Gasteiger partial charge is 0.171 e. The molecule has 0 atom stereocenters. The fourth-order valence-corrected chi connectivity index (χ4v) is 3.27. The molecular weight excluding hydrogens is 294 g/mol. The van der Waals surface area contributed by atoms with E-state index in [9.17, 15) is 0 Å². The SMILES string of the molecule is Cc1cc(CCCN)n2nc(N)c(Sc3ccccc3)c2n1. The molecule has 0 unspecified atom stereocenters. The molecule has 0 amide bonds. The van der Waals surface area contributed by atoms with E-state index in [1.54, 1.807) is 11.8 Å². The van der Waals surface area contributed by atoms with E-state index in [0.29, 0.717) is 12.4 Å². The van der Waals surface area contributed by atoms with Crippen LogP contribution in [0, 0.1) is 6.92 Å². The molecule has 22 heavy (non-hydrogen) atoms. The van der Waals surface area contributed by atoms with Crippen molar-refractivity contribution >= 4 is 23.2 Å². The number of rotatable bonds is 5. The Bertz CT molecular complexity index is 782. The van der Waals surface area contributed by atoms with Crippen molar-refractivity contribution in [3.05, 3.63) is 47.8 Å². The first-order valence-corrected chi connectivity index (χ1v) is 8.08. The summed E-state index contributed by atoms with van der Waals surface area (Å²) in [6, 6.07) is 12.2. The van der Waals surface area contributed by atoms with E-state index in [2.05, 4.69) is 22.2 Å². The van der Waals surface area contributed by atoms with Gasteiger partial charge in [0.25, 0.3) is 0 Å². The molecule has 0 aliphatic rings. The maximum absolute atomic E-state index is 6.13. The number of nitrogens with two attached hydrogens (primary N) is 2. The fraction of sp³-hybridized carbons (Fsp3) is 0.250. The summed E-state index contributed by atoms with van der Waals surface area (Å²) in [7, 11) is 0. The maximum atomic E-state index is 6.13. The van der Waals surface area contributed by atoms with Gasteiger partial charge < -0.3 is 11.5 Å². The second-order valence-electron chi connectivity index (χ2n) is 5.15. The molecular formula is C16H19N5S. The van der Waals surface area contributed by atoms with Gasteiger partial charge in [0.2, 0.25) is 0 Å². The molecule has 5 nitrogen and oxygen atoms in total. The van der Waals surface area contributed by atoms with Gasteiger partial charge in [0.05, 0.1) is 0 Å². The molecule has 0 saturated carbocycles. The Morgan fingerprint density at radius 3 is 2.73 bits per heavy atom. The van der Waals surface area contributed by atoms with Crippen LogP contribution in [0.3, 0.4) is 0 Å². The summed E-state index contributed by atoms with van der Waals surface area (Å²) >= 11 is 1.60. The molecule has 3 aromatic rings. The van der Waals surface area contributed by atoms with E-state index >= 15 is 0 Å². The van der Waals surface area contributed by atoms with Crippen molar-refractivity contribution in [3.8, 4) is 0 Å². The minimum Gasteiger partial charge on any atom is -0.381 e. The van der Waals surface area contributed by atoms with Crippen molar-refractivity contribution in [3.63, 3.8) is 0 Å². The Balaban J connectivity index is 2.07. The first-order valence-electron chi connectivity index (χ1n) is 7.26. The van der Waals surface area contributed by atoms with Gasteiger partial charge in [-0.1, -0.05) is 30.0 Å². The van der Waals surface area contributed by atoms with Crippen molar-refractivity contribution in [1.29, 1.82) is 0 Å². The highest BCUT2D eigenvalue weighted by atomic mass is 32.2. The third-order valence-corrected chi connectivity index (χ3v) is 4.48. The highest BCUT2D eigenvalue weighted by Gasteiger charge is 2.16. The number of aryl methyl sites for hydroxylation is 2. The third-order valence-electron chi connectivity index (χ3n) is 3.37. The van der Waals surface area contributed by atoms with E-state index in [0.717, 1.165) is 39.7 Å². The van der Waals surface area contributed by atoms with Gasteiger partial charge in [-0.25, -0.2) is 9.50 Å². The molecule has 2 aromatic heterocycles. The van der Waals surface area contributed by atoms with Crippen LogP contribution in [0.15, 0.2) is 46.2 Å². The molecule has 114 valence electrons. The number of hydrogen-bond donors (Lipinski definition) is 2. The lowest BCUT2D eigenvalue weighted by Crippen LogP contribution is -2.06. The zero-order chi connectivity index (χ0) is 15.5. The molecule has 0 saturated heterocycles. The molecule has 0 bridgehead atoms. The average molecular weight is 313 g/mol. The second-order valence-corrected chi connectivity index (χ2v) is 6.23. The second kappa shape index (κ2) is 6.37. The largest absolute Gasteiger partial charge is 0.381 e. The van der Waals surface area contributed by atoms with Crippen molar-refractivity contribution in [2.75, 3.05) is 12.3 Å². The summed E-state index contributed by atoms with van der Waals surface area (Å²) in [5, 5.41) is 4.47. The van der Waals surface area contributed by atoms with Gasteiger partial charge in [0.15, 0.2) is 11.5 Å². The highest BCUT2D eigenvalue weighted by molar-refractivity contribution is 7.99. The standard InChI is InChI=1S/C16H19N5S/c1-11-10-12(6-5-9-17)21-16(19-11)14(15(18)20-21)22-13-7-3-2-4-8-13/h2-4,7-8,10H,5-6,9,17H2,1H3,(H2,18,20). The molecule has 2 heterocycles. The topological polar surface area (TPSA) is 82.2 Å². The van der Waals surface area contributed by atoms with Crippen LogP contribution in [-0.4, -0.2) is 21.1 Å². The Morgan fingerprint density at radius 2 is 2.00 bits per heavy atom. The molecule has 0 spiro atoms. The van der Waals surface area contributed by atoms with E-state index in [1.165, 1.54) is 0 Å². The predicted molar refractivity (Wildman–Crippen MR) is 90.1 cm³/mol. The van der Waals surface area contributed by atoms with Gasteiger partial charge in [0, 0.05) is 16.3 Å². The Morgan fingerprint density at radius 1 is 1.23 bits per heavy atom.